The zero-order valence-corrected chi connectivity index (χ0v) is 14.0. The van der Waals surface area contributed by atoms with E-state index in [2.05, 4.69) is 15.6 Å². The third-order valence-electron chi connectivity index (χ3n) is 3.78. The molecular formula is C17H18FN3O2S. The number of hydrogen-bond donors (Lipinski definition) is 2. The minimum Gasteiger partial charge on any atom is -0.481 e. The van der Waals surface area contributed by atoms with Gasteiger partial charge in [0.25, 0.3) is 0 Å². The second-order valence-electron chi connectivity index (χ2n) is 5.41. The maximum Gasteiger partial charge on any atom is 0.315 e. The van der Waals surface area contributed by atoms with Gasteiger partial charge in [0.05, 0.1) is 13.2 Å². The fraction of sp³-hybridized carbons (Fsp3) is 0.294. The summed E-state index contributed by atoms with van der Waals surface area (Å²) in [5, 5.41) is 5.72. The Labute approximate surface area is 144 Å². The number of methoxy groups -OCH3 is 1. The van der Waals surface area contributed by atoms with Gasteiger partial charge in [-0.1, -0.05) is 6.07 Å². The number of rotatable bonds is 4. The standard InChI is InChI=1S/C17H18FN3O2S/c1-23-16-5-2-11(9-19-16)10-20-17(22)21-14-6-7-24-15-4-3-12(18)8-13(14)15/h2-5,8-9,14H,6-7,10H2,1H3,(H2,20,21,22). The van der Waals surface area contributed by atoms with Crippen LogP contribution in [-0.4, -0.2) is 23.9 Å². The van der Waals surface area contributed by atoms with E-state index in [9.17, 15) is 9.18 Å². The minimum absolute atomic E-state index is 0.175. The smallest absolute Gasteiger partial charge is 0.315 e. The Balaban J connectivity index is 1.58. The lowest BCUT2D eigenvalue weighted by molar-refractivity contribution is 0.236. The summed E-state index contributed by atoms with van der Waals surface area (Å²) in [4.78, 5) is 17.2. The molecule has 0 saturated carbocycles. The van der Waals surface area contributed by atoms with Gasteiger partial charge in [0.1, 0.15) is 5.82 Å². The molecular weight excluding hydrogens is 329 g/mol. The van der Waals surface area contributed by atoms with Crippen molar-refractivity contribution in [3.05, 3.63) is 53.5 Å². The predicted octanol–water partition coefficient (Wildman–Crippen LogP) is 3.27. The molecule has 0 radical (unpaired) electrons. The number of thioether (sulfide) groups is 1. The quantitative estimate of drug-likeness (QED) is 0.891. The van der Waals surface area contributed by atoms with E-state index < -0.39 is 0 Å². The van der Waals surface area contributed by atoms with Crippen LogP contribution in [0.25, 0.3) is 0 Å². The number of benzene rings is 1. The lowest BCUT2D eigenvalue weighted by Crippen LogP contribution is -2.38. The molecule has 0 saturated heterocycles. The number of carbonyl (C=O) groups is 1. The first-order chi connectivity index (χ1) is 11.7. The molecule has 0 aliphatic carbocycles. The first-order valence-corrected chi connectivity index (χ1v) is 8.60. The van der Waals surface area contributed by atoms with Crippen LogP contribution in [0, 0.1) is 5.82 Å². The molecule has 0 bridgehead atoms. The molecule has 1 atom stereocenters. The summed E-state index contributed by atoms with van der Waals surface area (Å²) in [6, 6.07) is 7.85. The first kappa shape index (κ1) is 16.6. The van der Waals surface area contributed by atoms with Crippen molar-refractivity contribution in [2.45, 2.75) is 23.9 Å². The highest BCUT2D eigenvalue weighted by Crippen LogP contribution is 2.36. The van der Waals surface area contributed by atoms with E-state index >= 15 is 0 Å². The summed E-state index contributed by atoms with van der Waals surface area (Å²) in [5.41, 5.74) is 1.71. The van der Waals surface area contributed by atoms with E-state index in [1.807, 2.05) is 6.07 Å². The number of aromatic nitrogens is 1. The molecule has 3 rings (SSSR count). The van der Waals surface area contributed by atoms with Gasteiger partial charge in [0.15, 0.2) is 0 Å². The molecule has 2 amide bonds. The Kier molecular flexibility index (Phi) is 5.20. The van der Waals surface area contributed by atoms with E-state index in [4.69, 9.17) is 4.74 Å². The van der Waals surface area contributed by atoms with Crippen LogP contribution in [0.2, 0.25) is 0 Å². The normalized spacial score (nSPS) is 16.2. The number of fused-ring (bicyclic) bond motifs is 1. The maximum absolute atomic E-state index is 13.5. The molecule has 1 aliphatic rings. The van der Waals surface area contributed by atoms with Gasteiger partial charge in [0, 0.05) is 29.5 Å². The number of hydrogen-bond acceptors (Lipinski definition) is 4. The predicted molar refractivity (Wildman–Crippen MR) is 90.6 cm³/mol. The van der Waals surface area contributed by atoms with Crippen LogP contribution in [-0.2, 0) is 6.54 Å². The Morgan fingerprint density at radius 2 is 2.29 bits per heavy atom. The second-order valence-corrected chi connectivity index (χ2v) is 6.54. The van der Waals surface area contributed by atoms with Gasteiger partial charge in [-0.15, -0.1) is 11.8 Å². The van der Waals surface area contributed by atoms with Gasteiger partial charge in [-0.2, -0.15) is 0 Å². The average Bonchev–Trinajstić information content (AvgIpc) is 2.61. The Hall–Kier alpha value is -2.28. The molecule has 2 heterocycles. The van der Waals surface area contributed by atoms with Crippen molar-refractivity contribution < 1.29 is 13.9 Å². The van der Waals surface area contributed by atoms with Crippen molar-refractivity contribution in [2.75, 3.05) is 12.9 Å². The van der Waals surface area contributed by atoms with Crippen LogP contribution < -0.4 is 15.4 Å². The highest BCUT2D eigenvalue weighted by Gasteiger charge is 2.22. The third kappa shape index (κ3) is 3.97. The minimum atomic E-state index is -0.284. The summed E-state index contributed by atoms with van der Waals surface area (Å²) < 4.78 is 18.5. The number of carbonyl (C=O) groups excluding carboxylic acids is 1. The topological polar surface area (TPSA) is 63.2 Å². The summed E-state index contributed by atoms with van der Waals surface area (Å²) in [7, 11) is 1.55. The van der Waals surface area contributed by atoms with E-state index in [-0.39, 0.29) is 17.9 Å². The van der Waals surface area contributed by atoms with Crippen LogP contribution in [0.5, 0.6) is 5.88 Å². The van der Waals surface area contributed by atoms with Gasteiger partial charge >= 0.3 is 6.03 Å². The summed E-state index contributed by atoms with van der Waals surface area (Å²) in [6.07, 6.45) is 2.43. The first-order valence-electron chi connectivity index (χ1n) is 7.61. The van der Waals surface area contributed by atoms with Crippen molar-refractivity contribution in [1.29, 1.82) is 0 Å². The number of nitrogens with one attached hydrogen (secondary N) is 2. The zero-order valence-electron chi connectivity index (χ0n) is 13.2. The fourth-order valence-electron chi connectivity index (χ4n) is 2.54. The van der Waals surface area contributed by atoms with Crippen molar-refractivity contribution >= 4 is 17.8 Å². The largest absolute Gasteiger partial charge is 0.481 e. The van der Waals surface area contributed by atoms with Gasteiger partial charge in [-0.3, -0.25) is 0 Å². The lowest BCUT2D eigenvalue weighted by atomic mass is 10.0. The molecule has 126 valence electrons. The van der Waals surface area contributed by atoms with E-state index in [0.29, 0.717) is 12.4 Å². The third-order valence-corrected chi connectivity index (χ3v) is 4.90. The van der Waals surface area contributed by atoms with Gasteiger partial charge in [-0.05, 0) is 35.7 Å². The molecule has 0 fully saturated rings. The maximum atomic E-state index is 13.5. The van der Waals surface area contributed by atoms with Crippen molar-refractivity contribution in [3.8, 4) is 5.88 Å². The number of pyridine rings is 1. The molecule has 2 N–H and O–H groups in total. The number of nitrogens with zero attached hydrogens (tertiary/aromatic N) is 1. The van der Waals surface area contributed by atoms with Crippen LogP contribution in [0.3, 0.4) is 0 Å². The van der Waals surface area contributed by atoms with Crippen molar-refractivity contribution in [2.24, 2.45) is 0 Å². The molecule has 0 spiro atoms. The Morgan fingerprint density at radius 3 is 3.04 bits per heavy atom. The van der Waals surface area contributed by atoms with Gasteiger partial charge in [0.2, 0.25) is 5.88 Å². The van der Waals surface area contributed by atoms with Crippen molar-refractivity contribution in [1.82, 2.24) is 15.6 Å². The average molecular weight is 347 g/mol. The van der Waals surface area contributed by atoms with E-state index in [1.165, 1.54) is 12.1 Å². The van der Waals surface area contributed by atoms with E-state index in [1.54, 1.807) is 37.2 Å². The Morgan fingerprint density at radius 1 is 1.42 bits per heavy atom. The highest BCUT2D eigenvalue weighted by atomic mass is 32.2. The SMILES string of the molecule is COc1ccc(CNC(=O)NC2CCSc3ccc(F)cc32)cn1. The molecule has 5 nitrogen and oxygen atoms in total. The molecule has 1 aromatic heterocycles. The number of urea groups is 1. The fourth-order valence-corrected chi connectivity index (χ4v) is 3.65. The zero-order chi connectivity index (χ0) is 16.9. The van der Waals surface area contributed by atoms with Crippen LogP contribution in [0.15, 0.2) is 41.4 Å². The molecule has 24 heavy (non-hydrogen) atoms. The molecule has 2 aromatic rings. The van der Waals surface area contributed by atoms with Crippen LogP contribution in [0.1, 0.15) is 23.6 Å². The Bertz CT molecular complexity index is 724. The molecule has 7 heteroatoms. The highest BCUT2D eigenvalue weighted by molar-refractivity contribution is 7.99. The van der Waals surface area contributed by atoms with Crippen LogP contribution >= 0.6 is 11.8 Å². The second kappa shape index (κ2) is 7.53. The molecule has 1 aliphatic heterocycles. The summed E-state index contributed by atoms with van der Waals surface area (Å²) in [6.45, 7) is 0.361. The number of amides is 2. The van der Waals surface area contributed by atoms with Crippen LogP contribution in [0.4, 0.5) is 9.18 Å². The van der Waals surface area contributed by atoms with Crippen molar-refractivity contribution in [3.63, 3.8) is 0 Å². The summed E-state index contributed by atoms with van der Waals surface area (Å²) >= 11 is 1.68. The summed E-state index contributed by atoms with van der Waals surface area (Å²) in [5.74, 6) is 1.14. The van der Waals surface area contributed by atoms with E-state index in [0.717, 1.165) is 28.2 Å². The number of ether oxygens (including phenoxy) is 1. The number of halogens is 1. The lowest BCUT2D eigenvalue weighted by Gasteiger charge is -2.26. The van der Waals surface area contributed by atoms with Gasteiger partial charge in [-0.25, -0.2) is 14.2 Å². The molecule has 1 unspecified atom stereocenters. The molecule has 1 aromatic carbocycles. The van der Waals surface area contributed by atoms with Gasteiger partial charge < -0.3 is 15.4 Å². The monoisotopic (exact) mass is 347 g/mol.